The number of aliphatic carboxylic acids is 2. The molecule has 2 unspecified atom stereocenters. The van der Waals surface area contributed by atoms with E-state index in [1.165, 1.54) is 0 Å². The van der Waals surface area contributed by atoms with Crippen LogP contribution in [0.15, 0.2) is 0 Å². The Hall–Kier alpha value is -1.92. The Kier molecular flexibility index (Phi) is 14.1. The Bertz CT molecular complexity index is 431. The van der Waals surface area contributed by atoms with Crippen LogP contribution in [0.5, 0.6) is 0 Å². The summed E-state index contributed by atoms with van der Waals surface area (Å²) in [7, 11) is 0. The summed E-state index contributed by atoms with van der Waals surface area (Å²) in [5.74, 6) is -4.13. The first kappa shape index (κ1) is 25.1. The van der Waals surface area contributed by atoms with Gasteiger partial charge in [0.2, 0.25) is 0 Å². The maximum Gasteiger partial charge on any atom is 0.313 e. The van der Waals surface area contributed by atoms with Crippen molar-refractivity contribution in [2.75, 3.05) is 0 Å². The first-order valence-corrected chi connectivity index (χ1v) is 9.95. The lowest BCUT2D eigenvalue weighted by Gasteiger charge is -2.15. The number of esters is 2. The lowest BCUT2D eigenvalue weighted by Crippen LogP contribution is -2.21. The lowest BCUT2D eigenvalue weighted by atomic mass is 9.94. The first-order valence-electron chi connectivity index (χ1n) is 9.95. The van der Waals surface area contributed by atoms with Gasteiger partial charge in [0, 0.05) is 25.7 Å². The normalized spacial score (nSPS) is 13.0. The molecular weight excluding hydrogens is 352 g/mol. The number of ether oxygens (including phenoxy) is 1. The highest BCUT2D eigenvalue weighted by molar-refractivity contribution is 5.86. The van der Waals surface area contributed by atoms with Gasteiger partial charge in [0.15, 0.2) is 0 Å². The van der Waals surface area contributed by atoms with Crippen LogP contribution < -0.4 is 0 Å². The standard InChI is InChI=1S/C20H34O7/c1-3-5-7-9-15(11-17(21)22)13-19(25)27-20(26)14-16(12-18(23)24)10-8-6-4-2/h15-16H,3-14H2,1-2H3,(H,21,22)(H,23,24). The third kappa shape index (κ3) is 14.9. The molecule has 0 aliphatic carbocycles. The molecule has 0 saturated heterocycles. The van der Waals surface area contributed by atoms with Gasteiger partial charge in [-0.25, -0.2) is 0 Å². The molecule has 0 aliphatic rings. The van der Waals surface area contributed by atoms with E-state index in [9.17, 15) is 19.2 Å². The van der Waals surface area contributed by atoms with Crippen LogP contribution >= 0.6 is 0 Å². The summed E-state index contributed by atoms with van der Waals surface area (Å²) >= 11 is 0. The summed E-state index contributed by atoms with van der Waals surface area (Å²) in [6.07, 6.45) is 6.26. The van der Waals surface area contributed by atoms with Crippen LogP contribution in [0, 0.1) is 11.8 Å². The average Bonchev–Trinajstić information content (AvgIpc) is 2.53. The molecule has 7 nitrogen and oxygen atoms in total. The van der Waals surface area contributed by atoms with Crippen LogP contribution in [0.2, 0.25) is 0 Å². The Morgan fingerprint density at radius 2 is 1.04 bits per heavy atom. The highest BCUT2D eigenvalue weighted by atomic mass is 16.6. The van der Waals surface area contributed by atoms with E-state index in [0.29, 0.717) is 12.8 Å². The van der Waals surface area contributed by atoms with Gasteiger partial charge in [0.1, 0.15) is 0 Å². The number of unbranched alkanes of at least 4 members (excludes halogenated alkanes) is 4. The van der Waals surface area contributed by atoms with Crippen molar-refractivity contribution in [1.82, 2.24) is 0 Å². The zero-order chi connectivity index (χ0) is 20.7. The third-order valence-electron chi connectivity index (χ3n) is 4.50. The molecule has 27 heavy (non-hydrogen) atoms. The average molecular weight is 386 g/mol. The molecule has 156 valence electrons. The van der Waals surface area contributed by atoms with Crippen molar-refractivity contribution in [3.63, 3.8) is 0 Å². The third-order valence-corrected chi connectivity index (χ3v) is 4.50. The number of carboxylic acid groups (broad SMARTS) is 2. The van der Waals surface area contributed by atoms with Gasteiger partial charge in [0.25, 0.3) is 0 Å². The van der Waals surface area contributed by atoms with E-state index in [1.807, 2.05) is 13.8 Å². The second kappa shape index (κ2) is 15.2. The zero-order valence-corrected chi connectivity index (χ0v) is 16.6. The summed E-state index contributed by atoms with van der Waals surface area (Å²) in [6, 6.07) is 0. The number of hydrogen-bond acceptors (Lipinski definition) is 5. The minimum absolute atomic E-state index is 0.110. The van der Waals surface area contributed by atoms with Crippen LogP contribution in [-0.4, -0.2) is 34.1 Å². The van der Waals surface area contributed by atoms with Gasteiger partial charge in [-0.15, -0.1) is 0 Å². The number of carboxylic acids is 2. The van der Waals surface area contributed by atoms with Crippen molar-refractivity contribution < 1.29 is 34.1 Å². The molecule has 0 amide bonds. The zero-order valence-electron chi connectivity index (χ0n) is 16.6. The van der Waals surface area contributed by atoms with Crippen LogP contribution in [-0.2, 0) is 23.9 Å². The van der Waals surface area contributed by atoms with Crippen molar-refractivity contribution in [3.8, 4) is 0 Å². The molecule has 7 heteroatoms. The molecule has 0 heterocycles. The van der Waals surface area contributed by atoms with Crippen LogP contribution in [0.25, 0.3) is 0 Å². The molecule has 0 aliphatic heterocycles. The largest absolute Gasteiger partial charge is 0.481 e. The molecule has 0 bridgehead atoms. The fourth-order valence-electron chi connectivity index (χ4n) is 3.09. The highest BCUT2D eigenvalue weighted by Gasteiger charge is 2.23. The van der Waals surface area contributed by atoms with Crippen molar-refractivity contribution >= 4 is 23.9 Å². The first-order chi connectivity index (χ1) is 12.8. The van der Waals surface area contributed by atoms with E-state index in [1.54, 1.807) is 0 Å². The van der Waals surface area contributed by atoms with Crippen LogP contribution in [0.1, 0.15) is 90.9 Å². The SMILES string of the molecule is CCCCCC(CC(=O)O)CC(=O)OC(=O)CC(CCCCC)CC(=O)O. The highest BCUT2D eigenvalue weighted by Crippen LogP contribution is 2.21. The lowest BCUT2D eigenvalue weighted by molar-refractivity contribution is -0.161. The number of carbonyl (C=O) groups excluding carboxylic acids is 2. The van der Waals surface area contributed by atoms with Gasteiger partial charge in [-0.2, -0.15) is 0 Å². The van der Waals surface area contributed by atoms with Gasteiger partial charge in [0.05, 0.1) is 0 Å². The minimum atomic E-state index is -0.979. The Balaban J connectivity index is 4.52. The topological polar surface area (TPSA) is 118 Å². The fourth-order valence-corrected chi connectivity index (χ4v) is 3.09. The Morgan fingerprint density at radius 3 is 1.33 bits per heavy atom. The van der Waals surface area contributed by atoms with Crippen LogP contribution in [0.3, 0.4) is 0 Å². The maximum atomic E-state index is 12.0. The Morgan fingerprint density at radius 1 is 0.667 bits per heavy atom. The molecule has 0 fully saturated rings. The van der Waals surface area contributed by atoms with E-state index < -0.39 is 23.9 Å². The molecule has 2 N–H and O–H groups in total. The van der Waals surface area contributed by atoms with E-state index in [2.05, 4.69) is 0 Å². The molecule has 0 radical (unpaired) electrons. The van der Waals surface area contributed by atoms with Gasteiger partial charge < -0.3 is 14.9 Å². The van der Waals surface area contributed by atoms with E-state index in [0.717, 1.165) is 38.5 Å². The predicted octanol–water partition coefficient (Wildman–Crippen LogP) is 4.18. The second-order valence-electron chi connectivity index (χ2n) is 7.17. The summed E-state index contributed by atoms with van der Waals surface area (Å²) in [5.41, 5.74) is 0. The van der Waals surface area contributed by atoms with Gasteiger partial charge in [-0.05, 0) is 24.7 Å². The Labute approximate surface area is 161 Å². The minimum Gasteiger partial charge on any atom is -0.481 e. The molecule has 0 spiro atoms. The van der Waals surface area contributed by atoms with E-state index in [4.69, 9.17) is 14.9 Å². The second-order valence-corrected chi connectivity index (χ2v) is 7.17. The number of carbonyl (C=O) groups is 4. The molecule has 0 aromatic carbocycles. The summed E-state index contributed by atoms with van der Waals surface area (Å²) in [5, 5.41) is 17.9. The van der Waals surface area contributed by atoms with E-state index >= 15 is 0 Å². The molecule has 0 saturated carbocycles. The summed E-state index contributed by atoms with van der Waals surface area (Å²) < 4.78 is 4.82. The molecular formula is C20H34O7. The monoisotopic (exact) mass is 386 g/mol. The van der Waals surface area contributed by atoms with Gasteiger partial charge in [-0.3, -0.25) is 19.2 Å². The van der Waals surface area contributed by atoms with Gasteiger partial charge >= 0.3 is 23.9 Å². The quantitative estimate of drug-likeness (QED) is 0.232. The summed E-state index contributed by atoms with van der Waals surface area (Å²) in [6.45, 7) is 4.07. The van der Waals surface area contributed by atoms with E-state index in [-0.39, 0.29) is 37.5 Å². The molecule has 0 aromatic rings. The van der Waals surface area contributed by atoms with Crippen molar-refractivity contribution in [1.29, 1.82) is 0 Å². The summed E-state index contributed by atoms with van der Waals surface area (Å²) in [4.78, 5) is 45.9. The smallest absolute Gasteiger partial charge is 0.313 e. The number of rotatable bonds is 16. The molecule has 2 atom stereocenters. The van der Waals surface area contributed by atoms with Crippen LogP contribution in [0.4, 0.5) is 0 Å². The van der Waals surface area contributed by atoms with Crippen molar-refractivity contribution in [2.45, 2.75) is 90.9 Å². The van der Waals surface area contributed by atoms with Gasteiger partial charge in [-0.1, -0.05) is 52.4 Å². The number of hydrogen-bond donors (Lipinski definition) is 2. The molecule has 0 aromatic heterocycles. The maximum absolute atomic E-state index is 12.0. The molecule has 0 rings (SSSR count). The predicted molar refractivity (Wildman–Crippen MR) is 100 cm³/mol. The fraction of sp³-hybridized carbons (Fsp3) is 0.800. The van der Waals surface area contributed by atoms with Crippen molar-refractivity contribution in [3.05, 3.63) is 0 Å². The van der Waals surface area contributed by atoms with Crippen molar-refractivity contribution in [2.24, 2.45) is 11.8 Å².